The number of pyridine rings is 1. The molecule has 0 radical (unpaired) electrons. The van der Waals surface area contributed by atoms with Crippen molar-refractivity contribution in [2.45, 2.75) is 43.8 Å². The van der Waals surface area contributed by atoms with Gasteiger partial charge >= 0.3 is 0 Å². The number of hydrogen-bond donors (Lipinski definition) is 2. The summed E-state index contributed by atoms with van der Waals surface area (Å²) < 4.78 is 50.1. The first-order valence-electron chi connectivity index (χ1n) is 10.5. The highest BCUT2D eigenvalue weighted by atomic mass is 19.1. The summed E-state index contributed by atoms with van der Waals surface area (Å²) in [5.74, 6) is -1.02. The molecule has 2 atom stereocenters. The highest BCUT2D eigenvalue weighted by Crippen LogP contribution is 2.38. The van der Waals surface area contributed by atoms with Gasteiger partial charge in [0.25, 0.3) is 0 Å². The number of imidazole rings is 1. The van der Waals surface area contributed by atoms with Gasteiger partial charge in [-0.15, -0.1) is 0 Å². The minimum Gasteiger partial charge on any atom is -0.495 e. The summed E-state index contributed by atoms with van der Waals surface area (Å²) in [5.41, 5.74) is 1.45. The van der Waals surface area contributed by atoms with Crippen LogP contribution in [0.1, 0.15) is 37.3 Å². The molecule has 7 nitrogen and oxygen atoms in total. The van der Waals surface area contributed by atoms with Crippen LogP contribution in [-0.2, 0) is 0 Å². The Balaban J connectivity index is 1.58. The summed E-state index contributed by atoms with van der Waals surface area (Å²) in [4.78, 5) is 8.45. The lowest BCUT2D eigenvalue weighted by atomic mass is 10.0. The molecular formula is C21H23F3N6O. The zero-order valence-electron chi connectivity index (χ0n) is 17.0. The first-order valence-corrected chi connectivity index (χ1v) is 10.5. The number of halogens is 3. The zero-order chi connectivity index (χ0) is 21.5. The van der Waals surface area contributed by atoms with Crippen LogP contribution in [0.3, 0.4) is 0 Å². The Morgan fingerprint density at radius 3 is 2.68 bits per heavy atom. The third-order valence-corrected chi connectivity index (χ3v) is 6.08. The van der Waals surface area contributed by atoms with Gasteiger partial charge < -0.3 is 15.4 Å². The smallest absolute Gasteiger partial charge is 0.168 e. The topological polar surface area (TPSA) is 76.4 Å². The monoisotopic (exact) mass is 432 g/mol. The van der Waals surface area contributed by atoms with Crippen molar-refractivity contribution in [3.63, 3.8) is 0 Å². The summed E-state index contributed by atoms with van der Waals surface area (Å²) in [6, 6.07) is 1.88. The lowest BCUT2D eigenvalue weighted by Crippen LogP contribution is -2.30. The Bertz CT molecular complexity index is 1110. The van der Waals surface area contributed by atoms with Crippen LogP contribution in [0.4, 0.5) is 19.0 Å². The minimum absolute atomic E-state index is 0.104. The lowest BCUT2D eigenvalue weighted by Gasteiger charge is -2.16. The Morgan fingerprint density at radius 2 is 1.97 bits per heavy atom. The van der Waals surface area contributed by atoms with Gasteiger partial charge in [-0.05, 0) is 12.8 Å². The quantitative estimate of drug-likeness (QED) is 0.643. The van der Waals surface area contributed by atoms with E-state index in [1.54, 1.807) is 13.2 Å². The van der Waals surface area contributed by atoms with Crippen molar-refractivity contribution in [1.29, 1.82) is 0 Å². The van der Waals surface area contributed by atoms with Crippen LogP contribution in [0.25, 0.3) is 17.0 Å². The first-order chi connectivity index (χ1) is 15.0. The van der Waals surface area contributed by atoms with Crippen molar-refractivity contribution in [1.82, 2.24) is 24.9 Å². The molecule has 1 saturated heterocycles. The zero-order valence-corrected chi connectivity index (χ0v) is 17.0. The molecule has 1 saturated carbocycles. The third kappa shape index (κ3) is 3.58. The number of fused-ring (bicyclic) bond motifs is 1. The highest BCUT2D eigenvalue weighted by Gasteiger charge is 2.29. The van der Waals surface area contributed by atoms with Crippen LogP contribution >= 0.6 is 0 Å². The van der Waals surface area contributed by atoms with E-state index < -0.39 is 23.8 Å². The summed E-state index contributed by atoms with van der Waals surface area (Å²) in [6.07, 6.45) is 4.53. The summed E-state index contributed by atoms with van der Waals surface area (Å²) in [7, 11) is 1.59. The molecule has 4 heterocycles. The molecule has 0 amide bonds. The molecule has 0 bridgehead atoms. The maximum Gasteiger partial charge on any atom is 0.168 e. The van der Waals surface area contributed by atoms with Crippen LogP contribution in [0.15, 0.2) is 18.3 Å². The third-order valence-electron chi connectivity index (χ3n) is 6.08. The predicted molar refractivity (Wildman–Crippen MR) is 109 cm³/mol. The Morgan fingerprint density at radius 1 is 1.16 bits per heavy atom. The molecule has 10 heteroatoms. The Hall–Kier alpha value is -2.88. The van der Waals surface area contributed by atoms with Crippen LogP contribution in [0.5, 0.6) is 5.75 Å². The van der Waals surface area contributed by atoms with Gasteiger partial charge in [-0.2, -0.15) is 5.10 Å². The van der Waals surface area contributed by atoms with Gasteiger partial charge in [0.1, 0.15) is 29.0 Å². The average molecular weight is 432 g/mol. The summed E-state index contributed by atoms with van der Waals surface area (Å²) in [6.45, 7) is 0.507. The van der Waals surface area contributed by atoms with Crippen LogP contribution in [-0.4, -0.2) is 52.0 Å². The van der Waals surface area contributed by atoms with E-state index in [2.05, 4.69) is 20.6 Å². The Labute approximate surface area is 177 Å². The molecule has 1 aliphatic carbocycles. The van der Waals surface area contributed by atoms with Gasteiger partial charge in [-0.1, -0.05) is 12.8 Å². The molecule has 3 aromatic heterocycles. The normalized spacial score (nSPS) is 21.8. The molecular weight excluding hydrogens is 409 g/mol. The molecule has 5 rings (SSSR count). The highest BCUT2D eigenvalue weighted by molar-refractivity contribution is 5.63. The molecule has 31 heavy (non-hydrogen) atoms. The number of hydrogen-bond acceptors (Lipinski definition) is 6. The first kappa shape index (κ1) is 20.0. The maximum absolute atomic E-state index is 14.7. The van der Waals surface area contributed by atoms with Gasteiger partial charge in [0, 0.05) is 31.1 Å². The van der Waals surface area contributed by atoms with E-state index >= 15 is 0 Å². The fourth-order valence-electron chi connectivity index (χ4n) is 4.43. The number of ether oxygens (including phenoxy) is 1. The Kier molecular flexibility index (Phi) is 5.17. The van der Waals surface area contributed by atoms with E-state index in [0.717, 1.165) is 37.4 Å². The van der Waals surface area contributed by atoms with Crippen LogP contribution in [0, 0.1) is 11.6 Å². The van der Waals surface area contributed by atoms with E-state index in [4.69, 9.17) is 9.84 Å². The number of rotatable bonds is 5. The largest absolute Gasteiger partial charge is 0.495 e. The second-order valence-electron chi connectivity index (χ2n) is 8.07. The van der Waals surface area contributed by atoms with Crippen molar-refractivity contribution in [2.24, 2.45) is 0 Å². The predicted octanol–water partition coefficient (Wildman–Crippen LogP) is 3.46. The van der Waals surface area contributed by atoms with E-state index in [1.165, 1.54) is 10.7 Å². The van der Waals surface area contributed by atoms with Crippen molar-refractivity contribution < 1.29 is 17.9 Å². The number of aromatic nitrogens is 4. The van der Waals surface area contributed by atoms with Gasteiger partial charge in [-0.3, -0.25) is 0 Å². The van der Waals surface area contributed by atoms with E-state index in [0.29, 0.717) is 23.6 Å². The van der Waals surface area contributed by atoms with Crippen molar-refractivity contribution >= 4 is 11.5 Å². The number of nitrogens with zero attached hydrogens (tertiary/aromatic N) is 4. The number of anilines is 1. The molecule has 3 aromatic rings. The van der Waals surface area contributed by atoms with Crippen molar-refractivity contribution in [3.05, 3.63) is 35.7 Å². The standard InChI is InChI=1S/C21H23F3N6O/c1-31-17-7-18-26-10-16(30(18)29-19(17)11-4-2-3-5-11)20-12(22)6-13(23)21(28-20)27-15-9-25-8-14(15)24/h6-7,10-11,14-15,25H,2-5,8-9H2,1H3,(H,27,28)/t14-,15-/m0/s1. The lowest BCUT2D eigenvalue weighted by molar-refractivity contribution is 0.341. The van der Waals surface area contributed by atoms with Crippen LogP contribution < -0.4 is 15.4 Å². The van der Waals surface area contributed by atoms with E-state index in [1.807, 2.05) is 0 Å². The molecule has 2 aliphatic rings. The second kappa shape index (κ2) is 7.99. The minimum atomic E-state index is -1.19. The average Bonchev–Trinajstić information content (AvgIpc) is 3.51. The maximum atomic E-state index is 14.7. The van der Waals surface area contributed by atoms with Gasteiger partial charge in [0.15, 0.2) is 23.1 Å². The van der Waals surface area contributed by atoms with Crippen LogP contribution in [0.2, 0.25) is 0 Å². The molecule has 0 aromatic carbocycles. The molecule has 0 unspecified atom stereocenters. The van der Waals surface area contributed by atoms with Gasteiger partial charge in [-0.25, -0.2) is 27.7 Å². The molecule has 1 aliphatic heterocycles. The van der Waals surface area contributed by atoms with Gasteiger partial charge in [0.2, 0.25) is 0 Å². The van der Waals surface area contributed by atoms with Gasteiger partial charge in [0.05, 0.1) is 19.3 Å². The second-order valence-corrected chi connectivity index (χ2v) is 8.07. The molecule has 2 fully saturated rings. The fourth-order valence-corrected chi connectivity index (χ4v) is 4.43. The van der Waals surface area contributed by atoms with Crippen molar-refractivity contribution in [2.75, 3.05) is 25.5 Å². The molecule has 2 N–H and O–H groups in total. The fraction of sp³-hybridized carbons (Fsp3) is 0.476. The summed E-state index contributed by atoms with van der Waals surface area (Å²) >= 11 is 0. The number of methoxy groups -OCH3 is 1. The number of alkyl halides is 1. The van der Waals surface area contributed by atoms with E-state index in [9.17, 15) is 13.2 Å². The SMILES string of the molecule is COc1cc2ncc(-c3nc(N[C@H]4CNC[C@@H]4F)c(F)cc3F)n2nc1C1CCCC1. The van der Waals surface area contributed by atoms with Crippen molar-refractivity contribution in [3.8, 4) is 17.1 Å². The number of nitrogens with one attached hydrogen (secondary N) is 2. The summed E-state index contributed by atoms with van der Waals surface area (Å²) in [5, 5.41) is 10.3. The molecule has 0 spiro atoms. The van der Waals surface area contributed by atoms with E-state index in [-0.39, 0.29) is 24.0 Å². The molecule has 164 valence electrons.